The number of rotatable bonds is 4. The maximum Gasteiger partial charge on any atom is 0.123 e. The average molecular weight is 257 g/mol. The van der Waals surface area contributed by atoms with E-state index in [0.29, 0.717) is 0 Å². The lowest BCUT2D eigenvalue weighted by Gasteiger charge is -2.03. The highest BCUT2D eigenvalue weighted by Gasteiger charge is 2.21. The summed E-state index contributed by atoms with van der Waals surface area (Å²) in [5, 5.41) is 3.19. The van der Waals surface area contributed by atoms with Crippen molar-refractivity contribution >= 4 is 0 Å². The van der Waals surface area contributed by atoms with E-state index in [-0.39, 0.29) is 0 Å². The summed E-state index contributed by atoms with van der Waals surface area (Å²) in [5.41, 5.74) is 3.62. The predicted molar refractivity (Wildman–Crippen MR) is 75.3 cm³/mol. The summed E-state index contributed by atoms with van der Waals surface area (Å²) in [6.45, 7) is 1.90. The van der Waals surface area contributed by atoms with Gasteiger partial charge in [0.1, 0.15) is 11.6 Å². The monoisotopic (exact) mass is 257 g/mol. The zero-order valence-corrected chi connectivity index (χ0v) is 11.4. The molecule has 0 saturated heterocycles. The highest BCUT2D eigenvalue weighted by atomic mass is 16.5. The predicted octanol–water partition coefficient (Wildman–Crippen LogP) is 2.22. The maximum atomic E-state index is 5.30. The fourth-order valence-electron chi connectivity index (χ4n) is 2.75. The summed E-state index contributed by atoms with van der Waals surface area (Å²) >= 11 is 0. The van der Waals surface area contributed by atoms with Gasteiger partial charge in [0.25, 0.3) is 0 Å². The van der Waals surface area contributed by atoms with Crippen LogP contribution in [0.25, 0.3) is 11.3 Å². The molecule has 0 fully saturated rings. The molecule has 0 atom stereocenters. The molecule has 1 aliphatic heterocycles. The van der Waals surface area contributed by atoms with Crippen molar-refractivity contribution in [1.29, 1.82) is 0 Å². The topological polar surface area (TPSA) is 39.1 Å². The largest absolute Gasteiger partial charge is 0.497 e. The van der Waals surface area contributed by atoms with Gasteiger partial charge in [0, 0.05) is 17.8 Å². The third-order valence-corrected chi connectivity index (χ3v) is 3.62. The molecular weight excluding hydrogens is 238 g/mol. The molecule has 19 heavy (non-hydrogen) atoms. The van der Waals surface area contributed by atoms with Crippen molar-refractivity contribution in [3.8, 4) is 17.0 Å². The molecule has 0 radical (unpaired) electrons. The van der Waals surface area contributed by atoms with Crippen molar-refractivity contribution in [3.05, 3.63) is 35.8 Å². The van der Waals surface area contributed by atoms with E-state index < -0.39 is 0 Å². The summed E-state index contributed by atoms with van der Waals surface area (Å²) in [6, 6.07) is 8.15. The molecule has 2 aromatic rings. The molecule has 1 aromatic carbocycles. The molecular formula is C15H19N3O. The minimum absolute atomic E-state index is 0.816. The van der Waals surface area contributed by atoms with Gasteiger partial charge in [-0.2, -0.15) is 0 Å². The fourth-order valence-corrected chi connectivity index (χ4v) is 2.75. The molecule has 0 spiro atoms. The number of hydrogen-bond acceptors (Lipinski definition) is 3. The molecule has 1 aliphatic rings. The number of benzene rings is 1. The minimum atomic E-state index is 0.816. The first-order chi connectivity index (χ1) is 9.33. The molecule has 0 saturated carbocycles. The second kappa shape index (κ2) is 5.05. The summed E-state index contributed by atoms with van der Waals surface area (Å²) in [6.07, 6.45) is 2.33. The molecule has 4 heteroatoms. The molecule has 2 heterocycles. The van der Waals surface area contributed by atoms with E-state index in [1.165, 1.54) is 12.1 Å². The summed E-state index contributed by atoms with van der Waals surface area (Å²) in [7, 11) is 3.66. The van der Waals surface area contributed by atoms with Gasteiger partial charge in [-0.1, -0.05) is 12.1 Å². The first-order valence-electron chi connectivity index (χ1n) is 6.71. The number of aromatic nitrogens is 2. The van der Waals surface area contributed by atoms with Gasteiger partial charge in [-0.25, -0.2) is 4.98 Å². The quantitative estimate of drug-likeness (QED) is 0.913. The van der Waals surface area contributed by atoms with Crippen LogP contribution < -0.4 is 10.1 Å². The van der Waals surface area contributed by atoms with E-state index in [1.807, 2.05) is 19.2 Å². The van der Waals surface area contributed by atoms with Crippen LogP contribution in [0.3, 0.4) is 0 Å². The van der Waals surface area contributed by atoms with Crippen LogP contribution in [0.2, 0.25) is 0 Å². The molecule has 0 unspecified atom stereocenters. The standard InChI is InChI=1S/C15H19N3O/c1-16-10-14-17-15(13-7-4-8-18(13)14)11-5-3-6-12(9-11)19-2/h3,5-6,9,16H,4,7-8,10H2,1-2H3. The Labute approximate surface area is 113 Å². The van der Waals surface area contributed by atoms with Crippen molar-refractivity contribution in [1.82, 2.24) is 14.9 Å². The van der Waals surface area contributed by atoms with Crippen LogP contribution in [-0.4, -0.2) is 23.7 Å². The van der Waals surface area contributed by atoms with Gasteiger partial charge in [-0.05, 0) is 32.0 Å². The Balaban J connectivity index is 2.07. The van der Waals surface area contributed by atoms with Crippen LogP contribution >= 0.6 is 0 Å². The van der Waals surface area contributed by atoms with Crippen LogP contribution in [-0.2, 0) is 19.5 Å². The van der Waals surface area contributed by atoms with E-state index in [0.717, 1.165) is 42.3 Å². The smallest absolute Gasteiger partial charge is 0.123 e. The Morgan fingerprint density at radius 3 is 3.11 bits per heavy atom. The van der Waals surface area contributed by atoms with Crippen LogP contribution in [0.15, 0.2) is 24.3 Å². The second-order valence-corrected chi connectivity index (χ2v) is 4.84. The Bertz CT molecular complexity index is 589. The number of nitrogens with zero attached hydrogens (tertiary/aromatic N) is 2. The lowest BCUT2D eigenvalue weighted by molar-refractivity contribution is 0.415. The van der Waals surface area contributed by atoms with Crippen molar-refractivity contribution in [2.75, 3.05) is 14.2 Å². The SMILES string of the molecule is CNCc1nc(-c2cccc(OC)c2)c2n1CCC2. The Hall–Kier alpha value is -1.81. The normalized spacial score (nSPS) is 13.6. The summed E-state index contributed by atoms with van der Waals surface area (Å²) in [5.74, 6) is 2.01. The third kappa shape index (κ3) is 2.12. The molecule has 100 valence electrons. The first kappa shape index (κ1) is 12.2. The summed E-state index contributed by atoms with van der Waals surface area (Å²) < 4.78 is 7.66. The lowest BCUT2D eigenvalue weighted by atomic mass is 10.1. The van der Waals surface area contributed by atoms with Gasteiger partial charge < -0.3 is 14.6 Å². The van der Waals surface area contributed by atoms with E-state index >= 15 is 0 Å². The van der Waals surface area contributed by atoms with E-state index in [2.05, 4.69) is 22.0 Å². The number of methoxy groups -OCH3 is 1. The fraction of sp³-hybridized carbons (Fsp3) is 0.400. The Morgan fingerprint density at radius 2 is 2.32 bits per heavy atom. The van der Waals surface area contributed by atoms with Gasteiger partial charge in [0.05, 0.1) is 19.3 Å². The first-order valence-corrected chi connectivity index (χ1v) is 6.71. The second-order valence-electron chi connectivity index (χ2n) is 4.84. The molecule has 4 nitrogen and oxygen atoms in total. The van der Waals surface area contributed by atoms with Crippen molar-refractivity contribution in [2.45, 2.75) is 25.9 Å². The molecule has 0 aliphatic carbocycles. The van der Waals surface area contributed by atoms with Crippen molar-refractivity contribution < 1.29 is 4.74 Å². The number of nitrogens with one attached hydrogen (secondary N) is 1. The number of imidazole rings is 1. The van der Waals surface area contributed by atoms with Gasteiger partial charge in [-0.3, -0.25) is 0 Å². The highest BCUT2D eigenvalue weighted by Crippen LogP contribution is 2.31. The Morgan fingerprint density at radius 1 is 1.42 bits per heavy atom. The zero-order chi connectivity index (χ0) is 13.2. The minimum Gasteiger partial charge on any atom is -0.497 e. The van der Waals surface area contributed by atoms with Crippen LogP contribution in [0.4, 0.5) is 0 Å². The number of fused-ring (bicyclic) bond motifs is 1. The molecule has 0 amide bonds. The lowest BCUT2D eigenvalue weighted by Crippen LogP contribution is -2.11. The van der Waals surface area contributed by atoms with Crippen LogP contribution in [0.1, 0.15) is 17.9 Å². The maximum absolute atomic E-state index is 5.30. The molecule has 3 rings (SSSR count). The van der Waals surface area contributed by atoms with Crippen LogP contribution in [0, 0.1) is 0 Å². The molecule has 0 bridgehead atoms. The van der Waals surface area contributed by atoms with Crippen LogP contribution in [0.5, 0.6) is 5.75 Å². The molecule has 1 N–H and O–H groups in total. The van der Waals surface area contributed by atoms with E-state index in [4.69, 9.17) is 9.72 Å². The van der Waals surface area contributed by atoms with Gasteiger partial charge >= 0.3 is 0 Å². The third-order valence-electron chi connectivity index (χ3n) is 3.62. The molecule has 1 aromatic heterocycles. The van der Waals surface area contributed by atoms with E-state index in [9.17, 15) is 0 Å². The van der Waals surface area contributed by atoms with Crippen molar-refractivity contribution in [2.24, 2.45) is 0 Å². The summed E-state index contributed by atoms with van der Waals surface area (Å²) in [4.78, 5) is 4.81. The van der Waals surface area contributed by atoms with Gasteiger partial charge in [0.2, 0.25) is 0 Å². The highest BCUT2D eigenvalue weighted by molar-refractivity contribution is 5.64. The van der Waals surface area contributed by atoms with Gasteiger partial charge in [0.15, 0.2) is 0 Å². The number of hydrogen-bond donors (Lipinski definition) is 1. The van der Waals surface area contributed by atoms with Gasteiger partial charge in [-0.15, -0.1) is 0 Å². The van der Waals surface area contributed by atoms with E-state index in [1.54, 1.807) is 7.11 Å². The average Bonchev–Trinajstić information content (AvgIpc) is 3.03. The van der Waals surface area contributed by atoms with Crippen molar-refractivity contribution in [3.63, 3.8) is 0 Å². The zero-order valence-electron chi connectivity index (χ0n) is 11.4. The Kier molecular flexibility index (Phi) is 3.25. The number of ether oxygens (including phenoxy) is 1.